The predicted octanol–water partition coefficient (Wildman–Crippen LogP) is 6.65. The Kier molecular flexibility index (Phi) is 8.35. The number of halogens is 3. The molecule has 1 aliphatic heterocycles. The van der Waals surface area contributed by atoms with Gasteiger partial charge in [-0.05, 0) is 50.0 Å². The number of hydrogen-bond donors (Lipinski definition) is 1. The van der Waals surface area contributed by atoms with Crippen LogP contribution in [0.3, 0.4) is 0 Å². The number of carbonyl (C=O) groups excluding carboxylic acids is 2. The molecule has 1 saturated carbocycles. The van der Waals surface area contributed by atoms with Gasteiger partial charge in [-0.3, -0.25) is 14.5 Å². The third-order valence-electron chi connectivity index (χ3n) is 5.99. The van der Waals surface area contributed by atoms with E-state index in [1.807, 2.05) is 24.3 Å². The molecule has 36 heavy (non-hydrogen) atoms. The highest BCUT2D eigenvalue weighted by Gasteiger charge is 2.34. The van der Waals surface area contributed by atoms with Gasteiger partial charge in [0, 0.05) is 18.5 Å². The number of carbonyl (C=O) groups is 2. The van der Waals surface area contributed by atoms with Crippen molar-refractivity contribution in [2.75, 3.05) is 11.9 Å². The van der Waals surface area contributed by atoms with Crippen LogP contribution in [0.1, 0.15) is 49.7 Å². The predicted molar refractivity (Wildman–Crippen MR) is 139 cm³/mol. The third-order valence-corrected chi connectivity index (χ3v) is 7.37. The Morgan fingerprint density at radius 3 is 2.56 bits per heavy atom. The molecule has 0 spiro atoms. The molecule has 2 aromatic rings. The number of rotatable bonds is 7. The van der Waals surface area contributed by atoms with E-state index in [-0.39, 0.29) is 30.7 Å². The molecule has 2 amide bonds. The molecule has 2 aliphatic rings. The first kappa shape index (κ1) is 26.2. The molecule has 0 aromatic heterocycles. The number of amides is 2. The van der Waals surface area contributed by atoms with Gasteiger partial charge >= 0.3 is 6.18 Å². The number of nitrogens with one attached hydrogen (secondary N) is 1. The summed E-state index contributed by atoms with van der Waals surface area (Å²) in [5, 5.41) is 2.29. The lowest BCUT2D eigenvalue weighted by Crippen LogP contribution is -2.31. The van der Waals surface area contributed by atoms with Crippen LogP contribution in [0.4, 0.5) is 18.9 Å². The van der Waals surface area contributed by atoms with Crippen LogP contribution in [0.25, 0.3) is 6.08 Å². The smallest absolute Gasteiger partial charge is 0.418 e. The molecule has 0 radical (unpaired) electrons. The molecular weight excluding hydrogens is 509 g/mol. The number of thioether (sulfide) groups is 1. The van der Waals surface area contributed by atoms with Gasteiger partial charge in [0.1, 0.15) is 10.1 Å². The summed E-state index contributed by atoms with van der Waals surface area (Å²) in [4.78, 5) is 27.1. The molecule has 2 fully saturated rings. The van der Waals surface area contributed by atoms with E-state index in [1.54, 1.807) is 6.08 Å². The second-order valence-electron chi connectivity index (χ2n) is 8.59. The minimum absolute atomic E-state index is 0.0394. The highest BCUT2D eigenvalue weighted by atomic mass is 32.2. The van der Waals surface area contributed by atoms with E-state index < -0.39 is 17.6 Å². The topological polar surface area (TPSA) is 58.6 Å². The van der Waals surface area contributed by atoms with E-state index in [0.29, 0.717) is 15.0 Å². The van der Waals surface area contributed by atoms with Crippen LogP contribution in [-0.2, 0) is 15.8 Å². The van der Waals surface area contributed by atoms with Gasteiger partial charge < -0.3 is 10.1 Å². The van der Waals surface area contributed by atoms with Crippen LogP contribution in [0.5, 0.6) is 5.75 Å². The Morgan fingerprint density at radius 2 is 1.81 bits per heavy atom. The van der Waals surface area contributed by atoms with E-state index in [2.05, 4.69) is 5.32 Å². The molecule has 2 aromatic carbocycles. The monoisotopic (exact) mass is 534 g/mol. The lowest BCUT2D eigenvalue weighted by atomic mass is 9.97. The lowest BCUT2D eigenvalue weighted by molar-refractivity contribution is -0.137. The van der Waals surface area contributed by atoms with Crippen molar-refractivity contribution in [2.45, 2.75) is 50.8 Å². The molecule has 1 N–H and O–H groups in total. The normalized spacial score (nSPS) is 18.1. The molecule has 5 nitrogen and oxygen atoms in total. The summed E-state index contributed by atoms with van der Waals surface area (Å²) in [6.45, 7) is -0.0394. The minimum Gasteiger partial charge on any atom is -0.490 e. The van der Waals surface area contributed by atoms with E-state index >= 15 is 0 Å². The van der Waals surface area contributed by atoms with Crippen LogP contribution < -0.4 is 10.1 Å². The summed E-state index contributed by atoms with van der Waals surface area (Å²) in [6.07, 6.45) is 2.61. The second kappa shape index (κ2) is 11.5. The van der Waals surface area contributed by atoms with E-state index in [0.717, 1.165) is 49.1 Å². The molecule has 10 heteroatoms. The Bertz CT molecular complexity index is 1180. The Balaban J connectivity index is 1.40. The summed E-state index contributed by atoms with van der Waals surface area (Å²) >= 11 is 6.47. The van der Waals surface area contributed by atoms with Crippen LogP contribution in [0.2, 0.25) is 0 Å². The first-order valence-electron chi connectivity index (χ1n) is 11.7. The number of para-hydroxylation sites is 2. The summed E-state index contributed by atoms with van der Waals surface area (Å²) in [7, 11) is 0. The fraction of sp³-hybridized carbons (Fsp3) is 0.346. The van der Waals surface area contributed by atoms with Crippen molar-refractivity contribution in [2.24, 2.45) is 0 Å². The molecule has 0 unspecified atom stereocenters. The van der Waals surface area contributed by atoms with Gasteiger partial charge in [0.15, 0.2) is 0 Å². The zero-order chi connectivity index (χ0) is 25.7. The van der Waals surface area contributed by atoms with E-state index in [1.165, 1.54) is 29.5 Å². The average molecular weight is 535 g/mol. The minimum atomic E-state index is -4.59. The zero-order valence-electron chi connectivity index (χ0n) is 19.3. The average Bonchev–Trinajstić information content (AvgIpc) is 3.11. The standard InChI is InChI=1S/C26H25F3N2O3S2/c27-26(28,29)19-11-5-6-12-20(19)30-23(32)14-15-31-24(33)22(36-25(31)35)16-17-8-4-7-13-21(17)34-18-9-2-1-3-10-18/h4-8,11-13,16,18H,1-3,9-10,14-15H2,(H,30,32)/b22-16-. The van der Waals surface area contributed by atoms with Crippen LogP contribution >= 0.6 is 24.0 Å². The van der Waals surface area contributed by atoms with Gasteiger partial charge in [0.25, 0.3) is 5.91 Å². The summed E-state index contributed by atoms with van der Waals surface area (Å²) in [5.74, 6) is -0.283. The Labute approximate surface area is 217 Å². The number of ether oxygens (including phenoxy) is 1. The Hall–Kier alpha value is -2.85. The first-order valence-corrected chi connectivity index (χ1v) is 12.9. The quantitative estimate of drug-likeness (QED) is 0.319. The summed E-state index contributed by atoms with van der Waals surface area (Å²) in [5.41, 5.74) is -0.485. The van der Waals surface area contributed by atoms with Crippen molar-refractivity contribution in [1.29, 1.82) is 0 Å². The lowest BCUT2D eigenvalue weighted by Gasteiger charge is -2.23. The van der Waals surface area contributed by atoms with E-state index in [9.17, 15) is 22.8 Å². The van der Waals surface area contributed by atoms with Crippen LogP contribution in [-0.4, -0.2) is 33.7 Å². The molecule has 1 heterocycles. The number of nitrogens with zero attached hydrogens (tertiary/aromatic N) is 1. The van der Waals surface area contributed by atoms with Crippen LogP contribution in [0.15, 0.2) is 53.4 Å². The van der Waals surface area contributed by atoms with Crippen molar-refractivity contribution >= 4 is 51.9 Å². The van der Waals surface area contributed by atoms with Crippen molar-refractivity contribution in [3.63, 3.8) is 0 Å². The molecule has 1 saturated heterocycles. The maximum absolute atomic E-state index is 13.2. The number of anilines is 1. The van der Waals surface area contributed by atoms with Gasteiger partial charge in [-0.15, -0.1) is 0 Å². The molecule has 0 bridgehead atoms. The molecule has 0 atom stereocenters. The van der Waals surface area contributed by atoms with Gasteiger partial charge in [0.05, 0.1) is 22.3 Å². The zero-order valence-corrected chi connectivity index (χ0v) is 21.0. The first-order chi connectivity index (χ1) is 17.2. The van der Waals surface area contributed by atoms with Crippen molar-refractivity contribution < 1.29 is 27.5 Å². The highest BCUT2D eigenvalue weighted by molar-refractivity contribution is 8.26. The van der Waals surface area contributed by atoms with Gasteiger partial charge in [0.2, 0.25) is 5.91 Å². The summed E-state index contributed by atoms with van der Waals surface area (Å²) in [6, 6.07) is 12.3. The number of hydrogen-bond acceptors (Lipinski definition) is 5. The maximum Gasteiger partial charge on any atom is 0.418 e. The van der Waals surface area contributed by atoms with Gasteiger partial charge in [-0.1, -0.05) is 60.7 Å². The number of thiocarbonyl (C=S) groups is 1. The van der Waals surface area contributed by atoms with Crippen molar-refractivity contribution in [3.8, 4) is 5.75 Å². The largest absolute Gasteiger partial charge is 0.490 e. The molecule has 4 rings (SSSR count). The third kappa shape index (κ3) is 6.47. The summed E-state index contributed by atoms with van der Waals surface area (Å²) < 4.78 is 46.0. The highest BCUT2D eigenvalue weighted by Crippen LogP contribution is 2.36. The van der Waals surface area contributed by atoms with Crippen LogP contribution in [0, 0.1) is 0 Å². The maximum atomic E-state index is 13.2. The van der Waals surface area contributed by atoms with Gasteiger partial charge in [-0.2, -0.15) is 13.2 Å². The molecule has 190 valence electrons. The molecular formula is C26H25F3N2O3S2. The van der Waals surface area contributed by atoms with Gasteiger partial charge in [-0.25, -0.2) is 0 Å². The fourth-order valence-corrected chi connectivity index (χ4v) is 5.47. The Morgan fingerprint density at radius 1 is 1.11 bits per heavy atom. The molecule has 1 aliphatic carbocycles. The second-order valence-corrected chi connectivity index (χ2v) is 10.3. The van der Waals surface area contributed by atoms with E-state index in [4.69, 9.17) is 17.0 Å². The number of alkyl halides is 3. The van der Waals surface area contributed by atoms with Crippen molar-refractivity contribution in [3.05, 3.63) is 64.6 Å². The fourth-order valence-electron chi connectivity index (χ4n) is 4.17. The number of benzene rings is 2. The van der Waals surface area contributed by atoms with Crippen molar-refractivity contribution in [1.82, 2.24) is 4.90 Å². The SMILES string of the molecule is O=C(CCN1C(=O)/C(=C/c2ccccc2OC2CCCCC2)SC1=S)Nc1ccccc1C(F)(F)F.